The molecule has 5 N–H and O–H groups in total. The highest BCUT2D eigenvalue weighted by atomic mass is 16.3. The Labute approximate surface area is 456 Å². The van der Waals surface area contributed by atoms with Gasteiger partial charge in [-0.25, -0.2) is 0 Å². The van der Waals surface area contributed by atoms with Crippen LogP contribution in [-0.4, -0.2) is 57.3 Å². The SMILES string of the molecule is CCCCCCCCCCCCC/C=C\C/C=C\CCCCCCCCCCCCCCCCCCC(O)C(=O)NC(CO)C(O)C(O)CCCCCCCCCCCCCCCCCCCCCCCCC. The number of hydrogen-bond donors (Lipinski definition) is 5. The second-order valence-corrected chi connectivity index (χ2v) is 23.2. The minimum absolute atomic E-state index is 0.372. The minimum atomic E-state index is -1.26. The summed E-state index contributed by atoms with van der Waals surface area (Å²) in [5.74, 6) is -0.577. The molecule has 434 valence electrons. The first-order valence-electron chi connectivity index (χ1n) is 33.2. The predicted molar refractivity (Wildman–Crippen MR) is 321 cm³/mol. The molecule has 0 aromatic carbocycles. The van der Waals surface area contributed by atoms with Gasteiger partial charge in [0.15, 0.2) is 0 Å². The van der Waals surface area contributed by atoms with Gasteiger partial charge in [-0.15, -0.1) is 0 Å². The maximum absolute atomic E-state index is 12.6. The first-order chi connectivity index (χ1) is 36.0. The summed E-state index contributed by atoms with van der Waals surface area (Å²) >= 11 is 0. The Balaban J connectivity index is 3.55. The van der Waals surface area contributed by atoms with Crippen LogP contribution in [0.3, 0.4) is 0 Å². The summed E-state index contributed by atoms with van der Waals surface area (Å²) in [7, 11) is 0. The van der Waals surface area contributed by atoms with Gasteiger partial charge < -0.3 is 25.7 Å². The van der Waals surface area contributed by atoms with E-state index in [4.69, 9.17) is 0 Å². The number of nitrogens with one attached hydrogen (secondary N) is 1. The predicted octanol–water partition coefficient (Wildman–Crippen LogP) is 20.2. The number of aliphatic hydroxyl groups is 4. The lowest BCUT2D eigenvalue weighted by Gasteiger charge is -2.27. The van der Waals surface area contributed by atoms with Crippen LogP contribution in [0.1, 0.15) is 367 Å². The molecule has 0 bridgehead atoms. The van der Waals surface area contributed by atoms with Crippen molar-refractivity contribution in [3.05, 3.63) is 24.3 Å². The lowest BCUT2D eigenvalue weighted by Crippen LogP contribution is -2.53. The fourth-order valence-electron chi connectivity index (χ4n) is 10.7. The van der Waals surface area contributed by atoms with Gasteiger partial charge in [-0.05, 0) is 44.9 Å². The first-order valence-corrected chi connectivity index (χ1v) is 33.2. The van der Waals surface area contributed by atoms with E-state index in [0.717, 1.165) is 44.9 Å². The number of hydrogen-bond acceptors (Lipinski definition) is 5. The number of aliphatic hydroxyl groups excluding tert-OH is 4. The molecule has 4 atom stereocenters. The van der Waals surface area contributed by atoms with E-state index in [1.165, 1.54) is 295 Å². The molecule has 0 aromatic heterocycles. The number of carbonyl (C=O) groups excluding carboxylic acids is 1. The normalized spacial score (nSPS) is 13.7. The summed E-state index contributed by atoms with van der Waals surface area (Å²) in [6, 6.07) is -0.985. The molecule has 73 heavy (non-hydrogen) atoms. The van der Waals surface area contributed by atoms with Crippen LogP contribution in [0.5, 0.6) is 0 Å². The average molecular weight is 1030 g/mol. The van der Waals surface area contributed by atoms with E-state index in [9.17, 15) is 25.2 Å². The standard InChI is InChI=1S/C67H131NO5/c1-3-5-7-9-11-13-15-17-19-21-23-25-27-28-29-30-31-32-33-34-35-36-37-39-41-43-45-47-49-51-53-55-57-59-61-65(71)67(73)68-63(62-69)66(72)64(70)60-58-56-54-52-50-48-46-44-42-40-38-26-24-22-20-18-16-14-12-10-8-6-4-2/h27-28,30-31,63-66,69-72H,3-26,29,32-62H2,1-2H3,(H,68,73)/b28-27-,31-30-. The zero-order valence-corrected chi connectivity index (χ0v) is 49.4. The summed E-state index contributed by atoms with van der Waals surface area (Å²) in [6.45, 7) is 4.10. The third-order valence-electron chi connectivity index (χ3n) is 15.9. The van der Waals surface area contributed by atoms with E-state index in [2.05, 4.69) is 43.5 Å². The first kappa shape index (κ1) is 71.8. The fourth-order valence-corrected chi connectivity index (χ4v) is 10.7. The van der Waals surface area contributed by atoms with Crippen molar-refractivity contribution in [1.82, 2.24) is 5.32 Å². The summed E-state index contributed by atoms with van der Waals surface area (Å²) in [6.07, 6.45) is 77.1. The highest BCUT2D eigenvalue weighted by molar-refractivity contribution is 5.80. The van der Waals surface area contributed by atoms with Crippen molar-refractivity contribution >= 4 is 5.91 Å². The Morgan fingerprint density at radius 3 is 0.863 bits per heavy atom. The largest absolute Gasteiger partial charge is 0.394 e. The zero-order chi connectivity index (χ0) is 53.0. The Bertz CT molecular complexity index is 1110. The molecule has 0 heterocycles. The molecule has 6 heteroatoms. The van der Waals surface area contributed by atoms with Crippen molar-refractivity contribution in [3.63, 3.8) is 0 Å². The van der Waals surface area contributed by atoms with Crippen molar-refractivity contribution < 1.29 is 25.2 Å². The van der Waals surface area contributed by atoms with Crippen molar-refractivity contribution in [2.75, 3.05) is 6.61 Å². The summed E-state index contributed by atoms with van der Waals surface area (Å²) in [5, 5.41) is 44.2. The number of allylic oxidation sites excluding steroid dienone is 4. The van der Waals surface area contributed by atoms with Gasteiger partial charge in [-0.2, -0.15) is 0 Å². The van der Waals surface area contributed by atoms with E-state index in [-0.39, 0.29) is 0 Å². The van der Waals surface area contributed by atoms with E-state index in [0.29, 0.717) is 12.8 Å². The maximum Gasteiger partial charge on any atom is 0.249 e. The molecular weight excluding hydrogens is 899 g/mol. The van der Waals surface area contributed by atoms with Gasteiger partial charge in [0, 0.05) is 0 Å². The van der Waals surface area contributed by atoms with Crippen LogP contribution in [0.2, 0.25) is 0 Å². The van der Waals surface area contributed by atoms with Crippen LogP contribution in [-0.2, 0) is 4.79 Å². The van der Waals surface area contributed by atoms with E-state index in [1.54, 1.807) is 0 Å². The van der Waals surface area contributed by atoms with Crippen molar-refractivity contribution in [2.24, 2.45) is 0 Å². The molecule has 0 aliphatic rings. The number of rotatable bonds is 62. The second kappa shape index (κ2) is 61.6. The van der Waals surface area contributed by atoms with E-state index in [1.807, 2.05) is 0 Å². The quantitative estimate of drug-likeness (QED) is 0.0308. The third kappa shape index (κ3) is 55.4. The van der Waals surface area contributed by atoms with Gasteiger partial charge in [0.05, 0.1) is 18.8 Å². The molecule has 6 nitrogen and oxygen atoms in total. The van der Waals surface area contributed by atoms with Gasteiger partial charge in [0.1, 0.15) is 12.2 Å². The van der Waals surface area contributed by atoms with E-state index >= 15 is 0 Å². The fraction of sp³-hybridized carbons (Fsp3) is 0.925. The topological polar surface area (TPSA) is 110 Å². The summed E-state index contributed by atoms with van der Waals surface area (Å²) < 4.78 is 0. The van der Waals surface area contributed by atoms with Crippen LogP contribution in [0.15, 0.2) is 24.3 Å². The lowest BCUT2D eigenvalue weighted by molar-refractivity contribution is -0.132. The van der Waals surface area contributed by atoms with Gasteiger partial charge in [-0.3, -0.25) is 4.79 Å². The van der Waals surface area contributed by atoms with Gasteiger partial charge >= 0.3 is 0 Å². The molecule has 0 fully saturated rings. The Morgan fingerprint density at radius 1 is 0.342 bits per heavy atom. The van der Waals surface area contributed by atoms with E-state index < -0.39 is 36.9 Å². The van der Waals surface area contributed by atoms with Crippen LogP contribution in [0.4, 0.5) is 0 Å². The summed E-state index contributed by atoms with van der Waals surface area (Å²) in [5.41, 5.74) is 0. The van der Waals surface area contributed by atoms with Crippen molar-refractivity contribution in [1.29, 1.82) is 0 Å². The monoisotopic (exact) mass is 1030 g/mol. The van der Waals surface area contributed by atoms with Gasteiger partial charge in [0.25, 0.3) is 0 Å². The molecule has 0 rings (SSSR count). The Kier molecular flexibility index (Phi) is 60.6. The molecule has 0 aromatic rings. The van der Waals surface area contributed by atoms with Crippen LogP contribution in [0.25, 0.3) is 0 Å². The van der Waals surface area contributed by atoms with Crippen molar-refractivity contribution in [3.8, 4) is 0 Å². The van der Waals surface area contributed by atoms with Gasteiger partial charge in [0.2, 0.25) is 5.91 Å². The Hall–Kier alpha value is -1.21. The maximum atomic E-state index is 12.6. The molecule has 0 saturated carbocycles. The number of carbonyl (C=O) groups is 1. The summed E-state index contributed by atoms with van der Waals surface area (Å²) in [4.78, 5) is 12.6. The van der Waals surface area contributed by atoms with Crippen LogP contribution >= 0.6 is 0 Å². The molecule has 0 saturated heterocycles. The molecular formula is C67H131NO5. The lowest BCUT2D eigenvalue weighted by atomic mass is 9.99. The highest BCUT2D eigenvalue weighted by Gasteiger charge is 2.28. The van der Waals surface area contributed by atoms with Crippen LogP contribution in [0, 0.1) is 0 Å². The molecule has 0 aliphatic carbocycles. The average Bonchev–Trinajstić information content (AvgIpc) is 3.40. The molecule has 0 aliphatic heterocycles. The minimum Gasteiger partial charge on any atom is -0.394 e. The van der Waals surface area contributed by atoms with Gasteiger partial charge in [-0.1, -0.05) is 346 Å². The molecule has 0 spiro atoms. The molecule has 4 unspecified atom stereocenters. The third-order valence-corrected chi connectivity index (χ3v) is 15.9. The zero-order valence-electron chi connectivity index (χ0n) is 49.4. The van der Waals surface area contributed by atoms with Crippen LogP contribution < -0.4 is 5.32 Å². The highest BCUT2D eigenvalue weighted by Crippen LogP contribution is 2.19. The van der Waals surface area contributed by atoms with Crippen molar-refractivity contribution in [2.45, 2.75) is 391 Å². The Morgan fingerprint density at radius 2 is 0.589 bits per heavy atom. The second-order valence-electron chi connectivity index (χ2n) is 23.2. The molecule has 0 radical (unpaired) electrons. The molecule has 1 amide bonds. The number of amides is 1. The smallest absolute Gasteiger partial charge is 0.249 e. The number of unbranched alkanes of at least 4 members (excludes halogenated alkanes) is 49.